The molecule has 0 saturated carbocycles. The highest BCUT2D eigenvalue weighted by atomic mass is 35.5. The first-order valence-electron chi connectivity index (χ1n) is 4.13. The van der Waals surface area contributed by atoms with Crippen molar-refractivity contribution < 1.29 is 14.6 Å². The smallest absolute Gasteiger partial charge is 0.298 e. The predicted molar refractivity (Wildman–Crippen MR) is 55.6 cm³/mol. The molecular formula is C10H13ClO3. The van der Waals surface area contributed by atoms with Gasteiger partial charge in [0.15, 0.2) is 0 Å². The largest absolute Gasteiger partial charge is 0.428 e. The van der Waals surface area contributed by atoms with Crippen LogP contribution in [0.3, 0.4) is 0 Å². The Balaban J connectivity index is 0.000000500. The topological polar surface area (TPSA) is 46.5 Å². The minimum absolute atomic E-state index is 0.250. The second-order valence-corrected chi connectivity index (χ2v) is 2.88. The minimum atomic E-state index is 0.250. The van der Waals surface area contributed by atoms with Crippen LogP contribution >= 0.6 is 11.6 Å². The number of aliphatic hydroxyl groups excluding tert-OH is 1. The van der Waals surface area contributed by atoms with Gasteiger partial charge in [-0.25, -0.2) is 0 Å². The predicted octanol–water partition coefficient (Wildman–Crippen LogP) is 2.18. The van der Waals surface area contributed by atoms with Gasteiger partial charge in [-0.15, -0.1) is 0 Å². The van der Waals surface area contributed by atoms with Crippen LogP contribution in [-0.2, 0) is 4.79 Å². The number of benzene rings is 1. The molecule has 0 bridgehead atoms. The zero-order valence-electron chi connectivity index (χ0n) is 8.16. The maximum atomic E-state index is 9.96. The van der Waals surface area contributed by atoms with Crippen LogP contribution in [-0.4, -0.2) is 18.2 Å². The Morgan fingerprint density at radius 2 is 2.14 bits per heavy atom. The van der Waals surface area contributed by atoms with E-state index in [1.165, 1.54) is 0 Å². The molecule has 1 rings (SSSR count). The lowest BCUT2D eigenvalue weighted by molar-refractivity contribution is -0.120. The van der Waals surface area contributed by atoms with Crippen LogP contribution in [0.2, 0.25) is 5.02 Å². The summed E-state index contributed by atoms with van der Waals surface area (Å²) in [6.07, 6.45) is 0. The molecule has 1 aromatic rings. The van der Waals surface area contributed by atoms with Crippen molar-refractivity contribution in [3.8, 4) is 5.75 Å². The van der Waals surface area contributed by atoms with Gasteiger partial charge >= 0.3 is 0 Å². The lowest BCUT2D eigenvalue weighted by atomic mass is 10.2. The molecule has 0 spiro atoms. The highest BCUT2D eigenvalue weighted by Crippen LogP contribution is 2.20. The van der Waals surface area contributed by atoms with E-state index in [4.69, 9.17) is 16.7 Å². The fourth-order valence-corrected chi connectivity index (χ4v) is 1.02. The maximum Gasteiger partial charge on any atom is 0.298 e. The zero-order chi connectivity index (χ0) is 11.0. The van der Waals surface area contributed by atoms with Crippen molar-refractivity contribution in [2.45, 2.75) is 13.8 Å². The van der Waals surface area contributed by atoms with Gasteiger partial charge in [0.1, 0.15) is 5.75 Å². The summed E-state index contributed by atoms with van der Waals surface area (Å²) in [4.78, 5) is 9.96. The van der Waals surface area contributed by atoms with Gasteiger partial charge in [-0.1, -0.05) is 11.6 Å². The number of carbonyl (C=O) groups excluding carboxylic acids is 1. The SMILES string of the molecule is CCO.Cc1cc(Cl)ccc1OC=O. The molecule has 0 atom stereocenters. The van der Waals surface area contributed by atoms with Gasteiger partial charge in [-0.3, -0.25) is 4.79 Å². The highest BCUT2D eigenvalue weighted by Gasteiger charge is 1.97. The molecule has 78 valence electrons. The second kappa shape index (κ2) is 7.35. The van der Waals surface area contributed by atoms with Gasteiger partial charge in [0.2, 0.25) is 0 Å². The van der Waals surface area contributed by atoms with E-state index in [1.54, 1.807) is 25.1 Å². The van der Waals surface area contributed by atoms with Gasteiger partial charge < -0.3 is 9.84 Å². The monoisotopic (exact) mass is 216 g/mol. The molecule has 0 aliphatic carbocycles. The van der Waals surface area contributed by atoms with Crippen LogP contribution in [0, 0.1) is 6.92 Å². The fourth-order valence-electron chi connectivity index (χ4n) is 0.797. The van der Waals surface area contributed by atoms with E-state index in [-0.39, 0.29) is 6.61 Å². The van der Waals surface area contributed by atoms with Crippen molar-refractivity contribution >= 4 is 18.1 Å². The normalized spacial score (nSPS) is 8.57. The first kappa shape index (κ1) is 12.9. The first-order chi connectivity index (χ1) is 6.65. The van der Waals surface area contributed by atoms with Gasteiger partial charge in [0.25, 0.3) is 6.47 Å². The van der Waals surface area contributed by atoms with Crippen LogP contribution in [0.4, 0.5) is 0 Å². The second-order valence-electron chi connectivity index (χ2n) is 2.44. The molecule has 0 saturated heterocycles. The minimum Gasteiger partial charge on any atom is -0.428 e. The molecular weight excluding hydrogens is 204 g/mol. The summed E-state index contributed by atoms with van der Waals surface area (Å²) < 4.78 is 4.65. The van der Waals surface area contributed by atoms with Crippen molar-refractivity contribution in [3.63, 3.8) is 0 Å². The molecule has 0 heterocycles. The van der Waals surface area contributed by atoms with E-state index < -0.39 is 0 Å². The van der Waals surface area contributed by atoms with Crippen molar-refractivity contribution in [2.75, 3.05) is 6.61 Å². The lowest BCUT2D eigenvalue weighted by Crippen LogP contribution is -1.90. The molecule has 0 aromatic heterocycles. The number of hydrogen-bond donors (Lipinski definition) is 1. The zero-order valence-corrected chi connectivity index (χ0v) is 8.91. The number of carbonyl (C=O) groups is 1. The van der Waals surface area contributed by atoms with Crippen LogP contribution in [0.25, 0.3) is 0 Å². The van der Waals surface area contributed by atoms with Gasteiger partial charge in [0.05, 0.1) is 0 Å². The third-order valence-corrected chi connectivity index (χ3v) is 1.55. The van der Waals surface area contributed by atoms with E-state index >= 15 is 0 Å². The van der Waals surface area contributed by atoms with Gasteiger partial charge in [-0.2, -0.15) is 0 Å². The average Bonchev–Trinajstić information content (AvgIpc) is 2.11. The van der Waals surface area contributed by atoms with Crippen LogP contribution < -0.4 is 4.74 Å². The van der Waals surface area contributed by atoms with Crippen LogP contribution in [0.5, 0.6) is 5.75 Å². The molecule has 1 aromatic carbocycles. The van der Waals surface area contributed by atoms with Crippen LogP contribution in [0.15, 0.2) is 18.2 Å². The van der Waals surface area contributed by atoms with Gasteiger partial charge in [-0.05, 0) is 37.6 Å². The Morgan fingerprint density at radius 3 is 2.57 bits per heavy atom. The number of rotatable bonds is 2. The molecule has 0 aliphatic rings. The first-order valence-corrected chi connectivity index (χ1v) is 4.50. The van der Waals surface area contributed by atoms with E-state index in [0.29, 0.717) is 17.2 Å². The number of halogens is 1. The third-order valence-electron chi connectivity index (χ3n) is 1.31. The lowest BCUT2D eigenvalue weighted by Gasteiger charge is -2.01. The molecule has 4 heteroatoms. The van der Waals surface area contributed by atoms with Crippen molar-refractivity contribution in [1.29, 1.82) is 0 Å². The van der Waals surface area contributed by atoms with Crippen molar-refractivity contribution in [1.82, 2.24) is 0 Å². The summed E-state index contributed by atoms with van der Waals surface area (Å²) in [6.45, 7) is 4.15. The molecule has 0 amide bonds. The van der Waals surface area contributed by atoms with Gasteiger partial charge in [0, 0.05) is 11.6 Å². The number of hydrogen-bond acceptors (Lipinski definition) is 3. The summed E-state index contributed by atoms with van der Waals surface area (Å²) in [5, 5.41) is 8.21. The van der Waals surface area contributed by atoms with E-state index in [9.17, 15) is 4.79 Å². The summed E-state index contributed by atoms with van der Waals surface area (Å²) in [5.41, 5.74) is 0.851. The number of aryl methyl sites for hydroxylation is 1. The molecule has 0 aliphatic heterocycles. The van der Waals surface area contributed by atoms with E-state index in [2.05, 4.69) is 4.74 Å². The maximum absolute atomic E-state index is 9.96. The molecule has 3 nitrogen and oxygen atoms in total. The van der Waals surface area contributed by atoms with Crippen molar-refractivity contribution in [3.05, 3.63) is 28.8 Å². The summed E-state index contributed by atoms with van der Waals surface area (Å²) in [5.74, 6) is 0.546. The Labute approximate surface area is 88.3 Å². The fraction of sp³-hybridized carbons (Fsp3) is 0.300. The Kier molecular flexibility index (Phi) is 6.80. The standard InChI is InChI=1S/C8H7ClO2.C2H6O/c1-6-4-7(9)2-3-8(6)11-5-10;1-2-3/h2-5H,1H3;3H,2H2,1H3. The molecule has 14 heavy (non-hydrogen) atoms. The summed E-state index contributed by atoms with van der Waals surface area (Å²) >= 11 is 5.67. The van der Waals surface area contributed by atoms with E-state index in [0.717, 1.165) is 5.56 Å². The average molecular weight is 217 g/mol. The Morgan fingerprint density at radius 1 is 1.57 bits per heavy atom. The number of aliphatic hydroxyl groups is 1. The summed E-state index contributed by atoms with van der Waals surface area (Å²) in [7, 11) is 0. The van der Waals surface area contributed by atoms with E-state index in [1.807, 2.05) is 6.92 Å². The third kappa shape index (κ3) is 4.84. The van der Waals surface area contributed by atoms with Crippen LogP contribution in [0.1, 0.15) is 12.5 Å². The number of ether oxygens (including phenoxy) is 1. The molecule has 0 radical (unpaired) electrons. The highest BCUT2D eigenvalue weighted by molar-refractivity contribution is 6.30. The molecule has 0 unspecified atom stereocenters. The summed E-state index contributed by atoms with van der Waals surface area (Å²) in [6, 6.07) is 5.07. The van der Waals surface area contributed by atoms with Crippen molar-refractivity contribution in [2.24, 2.45) is 0 Å². The molecule has 1 N–H and O–H groups in total. The quantitative estimate of drug-likeness (QED) is 0.771. The Bertz CT molecular complexity index is 287. The Hall–Kier alpha value is -1.06. The molecule has 0 fully saturated rings.